The van der Waals surface area contributed by atoms with Crippen LogP contribution in [0.2, 0.25) is 0 Å². The number of nitrogens with one attached hydrogen (secondary N) is 2. The predicted octanol–water partition coefficient (Wildman–Crippen LogP) is 4.68. The summed E-state index contributed by atoms with van der Waals surface area (Å²) in [5, 5.41) is 14.8. The maximum Gasteiger partial charge on any atom is 0.407 e. The minimum Gasteiger partial charge on any atom is -0.444 e. The Morgan fingerprint density at radius 1 is 0.848 bits per heavy atom. The zero-order valence-corrected chi connectivity index (χ0v) is 21.1. The SMILES string of the molecule is C.C[C@@H]1C[C@H](C=O)C[C@H]1NC(=O)OC(C)(C)C.C[C@@H]1C[C@H](CO)C[C@H]1NC(=O)OC(C)(C)C. The molecule has 2 aliphatic carbocycles. The van der Waals surface area contributed by atoms with Gasteiger partial charge in [-0.15, -0.1) is 0 Å². The van der Waals surface area contributed by atoms with Crippen LogP contribution in [0.4, 0.5) is 9.59 Å². The van der Waals surface area contributed by atoms with E-state index < -0.39 is 17.3 Å². The largest absolute Gasteiger partial charge is 0.444 e. The van der Waals surface area contributed by atoms with Crippen LogP contribution in [-0.2, 0) is 14.3 Å². The molecule has 0 aromatic heterocycles. The Morgan fingerprint density at radius 2 is 1.27 bits per heavy atom. The first-order valence-electron chi connectivity index (χ1n) is 11.7. The van der Waals surface area contributed by atoms with Gasteiger partial charge in [0.15, 0.2) is 0 Å². The van der Waals surface area contributed by atoms with Gasteiger partial charge in [-0.1, -0.05) is 21.3 Å². The Hall–Kier alpha value is -1.83. The van der Waals surface area contributed by atoms with Gasteiger partial charge in [0.1, 0.15) is 17.5 Å². The lowest BCUT2D eigenvalue weighted by molar-refractivity contribution is -0.111. The van der Waals surface area contributed by atoms with Crippen molar-refractivity contribution in [1.29, 1.82) is 0 Å². The Bertz CT molecular complexity index is 625. The monoisotopic (exact) mass is 472 g/mol. The van der Waals surface area contributed by atoms with E-state index >= 15 is 0 Å². The van der Waals surface area contributed by atoms with Crippen molar-refractivity contribution in [2.45, 2.75) is 112 Å². The van der Waals surface area contributed by atoms with Crippen molar-refractivity contribution in [1.82, 2.24) is 10.6 Å². The van der Waals surface area contributed by atoms with E-state index in [1.807, 2.05) is 48.5 Å². The third kappa shape index (κ3) is 12.3. The number of amides is 2. The number of aldehydes is 1. The average Bonchev–Trinajstić information content (AvgIpc) is 3.14. The van der Waals surface area contributed by atoms with Crippen molar-refractivity contribution in [2.24, 2.45) is 23.7 Å². The lowest BCUT2D eigenvalue weighted by Crippen LogP contribution is -2.40. The van der Waals surface area contributed by atoms with E-state index in [1.54, 1.807) is 0 Å². The van der Waals surface area contributed by atoms with Gasteiger partial charge in [0.2, 0.25) is 0 Å². The Morgan fingerprint density at radius 3 is 1.61 bits per heavy atom. The molecule has 0 radical (unpaired) electrons. The molecule has 0 saturated heterocycles. The molecule has 2 saturated carbocycles. The molecule has 0 bridgehead atoms. The number of ether oxygens (including phenoxy) is 2. The molecule has 0 spiro atoms. The van der Waals surface area contributed by atoms with E-state index in [4.69, 9.17) is 14.6 Å². The van der Waals surface area contributed by atoms with E-state index in [0.717, 1.165) is 32.0 Å². The summed E-state index contributed by atoms with van der Waals surface area (Å²) in [5.41, 5.74) is -0.932. The van der Waals surface area contributed by atoms with Crippen LogP contribution in [0.25, 0.3) is 0 Å². The molecule has 194 valence electrons. The number of aliphatic hydroxyl groups is 1. The van der Waals surface area contributed by atoms with Gasteiger partial charge in [0.25, 0.3) is 0 Å². The number of rotatable bonds is 4. The van der Waals surface area contributed by atoms with Crippen LogP contribution in [0.5, 0.6) is 0 Å². The molecular formula is C25H48N2O6. The highest BCUT2D eigenvalue weighted by molar-refractivity contribution is 5.68. The van der Waals surface area contributed by atoms with Gasteiger partial charge in [0.05, 0.1) is 0 Å². The summed E-state index contributed by atoms with van der Waals surface area (Å²) in [6, 6.07) is 0.192. The molecule has 8 nitrogen and oxygen atoms in total. The second-order valence-corrected chi connectivity index (χ2v) is 11.3. The fraction of sp³-hybridized carbons (Fsp3) is 0.880. The van der Waals surface area contributed by atoms with Crippen molar-refractivity contribution in [3.8, 4) is 0 Å². The summed E-state index contributed by atoms with van der Waals surface area (Å²) in [4.78, 5) is 33.8. The van der Waals surface area contributed by atoms with Gasteiger partial charge >= 0.3 is 12.2 Å². The van der Waals surface area contributed by atoms with Gasteiger partial charge in [-0.3, -0.25) is 0 Å². The van der Waals surface area contributed by atoms with Crippen molar-refractivity contribution in [3.63, 3.8) is 0 Å². The Kier molecular flexibility index (Phi) is 12.4. The summed E-state index contributed by atoms with van der Waals surface area (Å²) < 4.78 is 10.4. The highest BCUT2D eigenvalue weighted by Gasteiger charge is 2.34. The van der Waals surface area contributed by atoms with E-state index in [-0.39, 0.29) is 38.1 Å². The van der Waals surface area contributed by atoms with Crippen LogP contribution in [-0.4, -0.2) is 53.5 Å². The molecule has 2 rings (SSSR count). The summed E-state index contributed by atoms with van der Waals surface area (Å²) in [5.74, 6) is 1.14. The molecule has 8 heteroatoms. The maximum absolute atomic E-state index is 11.6. The van der Waals surface area contributed by atoms with E-state index in [0.29, 0.717) is 17.8 Å². The lowest BCUT2D eigenvalue weighted by atomic mass is 10.1. The first-order valence-corrected chi connectivity index (χ1v) is 11.7. The second-order valence-electron chi connectivity index (χ2n) is 11.3. The fourth-order valence-corrected chi connectivity index (χ4v) is 4.25. The minimum atomic E-state index is -0.476. The standard InChI is InChI=1S/C12H23NO3.C12H21NO3.CH4/c2*1-8-5-9(7-14)6-10(8)13-11(15)16-12(2,3)4;/h8-10,14H,5-7H2,1-4H3,(H,13,15);7-10H,5-6H2,1-4H3,(H,13,15);1H4/t2*8-,9+,10-;/m11./s1. The third-order valence-corrected chi connectivity index (χ3v) is 5.75. The van der Waals surface area contributed by atoms with Crippen molar-refractivity contribution < 1.29 is 29.0 Å². The van der Waals surface area contributed by atoms with Crippen molar-refractivity contribution >= 4 is 18.5 Å². The van der Waals surface area contributed by atoms with Crippen LogP contribution in [0, 0.1) is 23.7 Å². The van der Waals surface area contributed by atoms with Crippen LogP contribution in [0.1, 0.15) is 88.5 Å². The zero-order valence-electron chi connectivity index (χ0n) is 21.1. The Labute approximate surface area is 200 Å². The minimum absolute atomic E-state index is 0. The number of alkyl carbamates (subject to hydrolysis) is 2. The smallest absolute Gasteiger partial charge is 0.407 e. The first kappa shape index (κ1) is 31.2. The highest BCUT2D eigenvalue weighted by atomic mass is 16.6. The van der Waals surface area contributed by atoms with Gasteiger partial charge in [-0.25, -0.2) is 9.59 Å². The molecule has 2 aliphatic rings. The summed E-state index contributed by atoms with van der Waals surface area (Å²) >= 11 is 0. The number of carbonyl (C=O) groups is 3. The van der Waals surface area contributed by atoms with Crippen molar-refractivity contribution in [3.05, 3.63) is 0 Å². The molecule has 0 heterocycles. The van der Waals surface area contributed by atoms with Crippen LogP contribution < -0.4 is 10.6 Å². The molecule has 0 aromatic rings. The number of aliphatic hydroxyl groups excluding tert-OH is 1. The van der Waals surface area contributed by atoms with Crippen LogP contribution in [0.3, 0.4) is 0 Å². The van der Waals surface area contributed by atoms with E-state index in [1.165, 1.54) is 0 Å². The van der Waals surface area contributed by atoms with Crippen LogP contribution in [0.15, 0.2) is 0 Å². The predicted molar refractivity (Wildman–Crippen MR) is 130 cm³/mol. The quantitative estimate of drug-likeness (QED) is 0.512. The fourth-order valence-electron chi connectivity index (χ4n) is 4.25. The number of hydrogen-bond donors (Lipinski definition) is 3. The topological polar surface area (TPSA) is 114 Å². The average molecular weight is 473 g/mol. The van der Waals surface area contributed by atoms with Gasteiger partial charge in [-0.05, 0) is 85.0 Å². The summed E-state index contributed by atoms with van der Waals surface area (Å²) in [6.07, 6.45) is 3.62. The molecule has 0 aliphatic heterocycles. The molecule has 2 fully saturated rings. The van der Waals surface area contributed by atoms with Crippen LogP contribution >= 0.6 is 0 Å². The summed E-state index contributed by atoms with van der Waals surface area (Å²) in [6.45, 7) is 15.4. The van der Waals surface area contributed by atoms with E-state index in [9.17, 15) is 14.4 Å². The number of hydrogen-bond acceptors (Lipinski definition) is 6. The molecule has 6 atom stereocenters. The molecule has 0 unspecified atom stereocenters. The third-order valence-electron chi connectivity index (χ3n) is 5.75. The maximum atomic E-state index is 11.6. The Balaban J connectivity index is 0.000000602. The zero-order chi connectivity index (χ0) is 24.7. The number of carbonyl (C=O) groups excluding carboxylic acids is 3. The summed E-state index contributed by atoms with van der Waals surface area (Å²) in [7, 11) is 0. The lowest BCUT2D eigenvalue weighted by Gasteiger charge is -2.23. The molecule has 0 aromatic carbocycles. The van der Waals surface area contributed by atoms with Gasteiger partial charge in [-0.2, -0.15) is 0 Å². The first-order chi connectivity index (χ1) is 14.6. The second kappa shape index (κ2) is 13.2. The molecule has 3 N–H and O–H groups in total. The van der Waals surface area contributed by atoms with E-state index in [2.05, 4.69) is 17.6 Å². The molecule has 2 amide bonds. The normalized spacial score (nSPS) is 29.1. The molecule has 33 heavy (non-hydrogen) atoms. The van der Waals surface area contributed by atoms with Gasteiger partial charge in [0, 0.05) is 24.6 Å². The van der Waals surface area contributed by atoms with Crippen molar-refractivity contribution in [2.75, 3.05) is 6.61 Å². The highest BCUT2D eigenvalue weighted by Crippen LogP contribution is 2.31. The molecular weight excluding hydrogens is 424 g/mol. The van der Waals surface area contributed by atoms with Gasteiger partial charge < -0.3 is 30.0 Å².